The summed E-state index contributed by atoms with van der Waals surface area (Å²) in [5.74, 6) is -1.85. The number of hydrogen-bond acceptors (Lipinski definition) is 3. The minimum absolute atomic E-state index is 0.0216. The second-order valence-corrected chi connectivity index (χ2v) is 6.93. The molecular weight excluding hydrogens is 321 g/mol. The molecule has 0 saturated heterocycles. The van der Waals surface area contributed by atoms with Gasteiger partial charge in [-0.15, -0.1) is 0 Å². The molecule has 1 aliphatic carbocycles. The van der Waals surface area contributed by atoms with Gasteiger partial charge in [0, 0.05) is 0 Å². The van der Waals surface area contributed by atoms with Crippen LogP contribution in [0.15, 0.2) is 29.8 Å². The molecule has 0 radical (unpaired) electrons. The Bertz CT molecular complexity index is 702. The van der Waals surface area contributed by atoms with Gasteiger partial charge in [-0.05, 0) is 37.5 Å². The Morgan fingerprint density at radius 1 is 1.43 bits per heavy atom. The highest BCUT2D eigenvalue weighted by Crippen LogP contribution is 2.29. The first-order valence-electron chi connectivity index (χ1n) is 6.21. The summed E-state index contributed by atoms with van der Waals surface area (Å²) in [7, 11) is -3.97. The van der Waals surface area contributed by atoms with Crippen molar-refractivity contribution in [2.24, 2.45) is 0 Å². The van der Waals surface area contributed by atoms with Gasteiger partial charge in [-0.25, -0.2) is 17.6 Å². The van der Waals surface area contributed by atoms with Crippen molar-refractivity contribution in [3.63, 3.8) is 0 Å². The van der Waals surface area contributed by atoms with Gasteiger partial charge in [-0.1, -0.05) is 17.7 Å². The lowest BCUT2D eigenvalue weighted by molar-refractivity contribution is -0.132. The number of halogens is 2. The number of carbonyl (C=O) groups is 1. The smallest absolute Gasteiger partial charge is 0.332 e. The first-order valence-corrected chi connectivity index (χ1v) is 8.14. The number of rotatable bonds is 4. The zero-order valence-corrected chi connectivity index (χ0v) is 12.4. The summed E-state index contributed by atoms with van der Waals surface area (Å²) in [5, 5.41) is 7.86. The highest BCUT2D eigenvalue weighted by molar-refractivity contribution is 7.93. The highest BCUT2D eigenvalue weighted by Gasteiger charge is 2.34. The van der Waals surface area contributed by atoms with Crippen LogP contribution in [0.3, 0.4) is 0 Å². The Kier molecular flexibility index (Phi) is 4.53. The Labute approximate surface area is 126 Å². The van der Waals surface area contributed by atoms with Crippen LogP contribution in [0.1, 0.15) is 19.3 Å². The molecule has 0 bridgehead atoms. The van der Waals surface area contributed by atoms with Crippen molar-refractivity contribution in [1.82, 2.24) is 0 Å². The van der Waals surface area contributed by atoms with E-state index in [0.717, 1.165) is 12.1 Å². The number of carboxylic acid groups (broad SMARTS) is 1. The lowest BCUT2D eigenvalue weighted by Crippen LogP contribution is -2.34. The molecule has 1 aliphatic rings. The third kappa shape index (κ3) is 3.54. The molecule has 0 heterocycles. The molecule has 0 amide bonds. The summed E-state index contributed by atoms with van der Waals surface area (Å²) in [5.41, 5.74) is -0.125. The summed E-state index contributed by atoms with van der Waals surface area (Å²) in [6.07, 6.45) is 2.75. The van der Waals surface area contributed by atoms with Crippen molar-refractivity contribution >= 4 is 33.3 Å². The predicted octanol–water partition coefficient (Wildman–Crippen LogP) is 2.78. The molecule has 0 unspecified atom stereocenters. The van der Waals surface area contributed by atoms with Crippen molar-refractivity contribution in [2.45, 2.75) is 24.5 Å². The summed E-state index contributed by atoms with van der Waals surface area (Å²) in [6.45, 7) is 0. The first kappa shape index (κ1) is 15.8. The lowest BCUT2D eigenvalue weighted by atomic mass is 9.99. The van der Waals surface area contributed by atoms with Crippen LogP contribution in [-0.2, 0) is 14.8 Å². The highest BCUT2D eigenvalue weighted by atomic mass is 35.5. The van der Waals surface area contributed by atoms with Crippen LogP contribution < -0.4 is 4.72 Å². The Hall–Kier alpha value is -1.60. The molecule has 0 aliphatic heterocycles. The lowest BCUT2D eigenvalue weighted by Gasteiger charge is -2.22. The van der Waals surface area contributed by atoms with E-state index in [1.54, 1.807) is 0 Å². The average Bonchev–Trinajstić information content (AvgIpc) is 2.42. The molecule has 0 spiro atoms. The SMILES string of the molecule is O=C(O)C1=CCCC[C@@H]1S(=O)(=O)Nc1ccc(F)cc1Cl. The number of allylic oxidation sites excluding steroid dienone is 1. The zero-order chi connectivity index (χ0) is 15.6. The van der Waals surface area contributed by atoms with E-state index in [9.17, 15) is 17.6 Å². The number of nitrogens with one attached hydrogen (secondary N) is 1. The van der Waals surface area contributed by atoms with Crippen LogP contribution >= 0.6 is 11.6 Å². The number of aliphatic carboxylic acids is 1. The molecule has 1 aromatic rings. The van der Waals surface area contributed by atoms with E-state index in [2.05, 4.69) is 4.72 Å². The quantitative estimate of drug-likeness (QED) is 0.887. The molecule has 0 fully saturated rings. The molecular formula is C13H13ClFNO4S. The molecule has 2 N–H and O–H groups in total. The summed E-state index contributed by atoms with van der Waals surface area (Å²) < 4.78 is 39.9. The maximum Gasteiger partial charge on any atom is 0.332 e. The van der Waals surface area contributed by atoms with E-state index in [1.165, 1.54) is 12.1 Å². The van der Waals surface area contributed by atoms with Crippen LogP contribution in [-0.4, -0.2) is 24.7 Å². The molecule has 2 rings (SSSR count). The number of anilines is 1. The van der Waals surface area contributed by atoms with Crippen LogP contribution in [0.5, 0.6) is 0 Å². The topological polar surface area (TPSA) is 83.5 Å². The van der Waals surface area contributed by atoms with Crippen molar-refractivity contribution in [3.05, 3.63) is 40.7 Å². The van der Waals surface area contributed by atoms with Gasteiger partial charge in [0.25, 0.3) is 0 Å². The molecule has 114 valence electrons. The van der Waals surface area contributed by atoms with E-state index in [-0.39, 0.29) is 22.7 Å². The second kappa shape index (κ2) is 6.03. The average molecular weight is 334 g/mol. The van der Waals surface area contributed by atoms with E-state index in [1.807, 2.05) is 0 Å². The fourth-order valence-electron chi connectivity index (χ4n) is 2.19. The number of benzene rings is 1. The van der Waals surface area contributed by atoms with Gasteiger partial charge < -0.3 is 5.11 Å². The summed E-state index contributed by atoms with van der Waals surface area (Å²) >= 11 is 5.78. The molecule has 21 heavy (non-hydrogen) atoms. The van der Waals surface area contributed by atoms with Gasteiger partial charge >= 0.3 is 5.97 Å². The number of hydrogen-bond donors (Lipinski definition) is 2. The minimum Gasteiger partial charge on any atom is -0.478 e. The standard InChI is InChI=1S/C13H13ClFNO4S/c14-10-7-8(15)5-6-11(10)16-21(19,20)12-4-2-1-3-9(12)13(17)18/h3,5-7,12,16H,1-2,4H2,(H,17,18)/t12-/m0/s1. The maximum atomic E-state index is 13.0. The van der Waals surface area contributed by atoms with Crippen LogP contribution in [0.25, 0.3) is 0 Å². The van der Waals surface area contributed by atoms with Gasteiger partial charge in [0.1, 0.15) is 11.1 Å². The molecule has 1 aromatic carbocycles. The molecule has 0 saturated carbocycles. The van der Waals surface area contributed by atoms with Crippen LogP contribution in [0, 0.1) is 5.82 Å². The van der Waals surface area contributed by atoms with Crippen molar-refractivity contribution in [2.75, 3.05) is 4.72 Å². The predicted molar refractivity (Wildman–Crippen MR) is 77.3 cm³/mol. The van der Waals surface area contributed by atoms with E-state index < -0.39 is 27.1 Å². The Balaban J connectivity index is 2.31. The molecule has 5 nitrogen and oxygen atoms in total. The third-order valence-corrected chi connectivity index (χ3v) is 5.24. The van der Waals surface area contributed by atoms with E-state index >= 15 is 0 Å². The van der Waals surface area contributed by atoms with Crippen molar-refractivity contribution in [1.29, 1.82) is 0 Å². The van der Waals surface area contributed by atoms with E-state index in [0.29, 0.717) is 12.8 Å². The van der Waals surface area contributed by atoms with Gasteiger partial charge in [-0.2, -0.15) is 0 Å². The van der Waals surface area contributed by atoms with Gasteiger partial charge in [0.05, 0.1) is 16.3 Å². The maximum absolute atomic E-state index is 13.0. The third-order valence-electron chi connectivity index (χ3n) is 3.19. The van der Waals surface area contributed by atoms with Gasteiger partial charge in [0.15, 0.2) is 0 Å². The summed E-state index contributed by atoms with van der Waals surface area (Å²) in [6, 6.07) is 3.25. The summed E-state index contributed by atoms with van der Waals surface area (Å²) in [4.78, 5) is 11.1. The molecule has 8 heteroatoms. The van der Waals surface area contributed by atoms with E-state index in [4.69, 9.17) is 16.7 Å². The number of carboxylic acids is 1. The molecule has 0 aromatic heterocycles. The first-order chi connectivity index (χ1) is 9.81. The largest absolute Gasteiger partial charge is 0.478 e. The van der Waals surface area contributed by atoms with Crippen molar-refractivity contribution < 1.29 is 22.7 Å². The van der Waals surface area contributed by atoms with Gasteiger partial charge in [0.2, 0.25) is 10.0 Å². The Morgan fingerprint density at radius 2 is 2.14 bits per heavy atom. The van der Waals surface area contributed by atoms with Gasteiger partial charge in [-0.3, -0.25) is 4.72 Å². The number of sulfonamides is 1. The van der Waals surface area contributed by atoms with Crippen molar-refractivity contribution in [3.8, 4) is 0 Å². The minimum atomic E-state index is -3.97. The molecule has 1 atom stereocenters. The zero-order valence-electron chi connectivity index (χ0n) is 10.8. The fraction of sp³-hybridized carbons (Fsp3) is 0.308. The van der Waals surface area contributed by atoms with Crippen LogP contribution in [0.2, 0.25) is 5.02 Å². The normalized spacial score (nSPS) is 19.0. The fourth-order valence-corrected chi connectivity index (χ4v) is 4.10. The monoisotopic (exact) mass is 333 g/mol. The Morgan fingerprint density at radius 3 is 2.76 bits per heavy atom. The second-order valence-electron chi connectivity index (χ2n) is 4.66. The van der Waals surface area contributed by atoms with Crippen LogP contribution in [0.4, 0.5) is 10.1 Å².